The largest absolute Gasteiger partial charge is 0.487 e. The van der Waals surface area contributed by atoms with Gasteiger partial charge in [-0.3, -0.25) is 0 Å². The van der Waals surface area contributed by atoms with Gasteiger partial charge < -0.3 is 4.74 Å². The minimum absolute atomic E-state index is 0.677. The van der Waals surface area contributed by atoms with Gasteiger partial charge in [0.2, 0.25) is 0 Å². The molecule has 72 valence electrons. The first kappa shape index (κ1) is 9.53. The lowest BCUT2D eigenvalue weighted by atomic mass is 10.1. The molecule has 0 amide bonds. The monoisotopic (exact) mass is 260 g/mol. The maximum absolute atomic E-state index is 5.19. The molecule has 0 N–H and O–H groups in total. The van der Waals surface area contributed by atoms with E-state index in [0.29, 0.717) is 10.7 Å². The van der Waals surface area contributed by atoms with E-state index in [-0.39, 0.29) is 0 Å². The highest BCUT2D eigenvalue weighted by Gasteiger charge is 2.27. The van der Waals surface area contributed by atoms with Crippen molar-refractivity contribution in [2.45, 2.75) is 30.0 Å². The molecule has 0 bridgehead atoms. The van der Waals surface area contributed by atoms with E-state index in [1.165, 1.54) is 24.1 Å². The van der Waals surface area contributed by atoms with Crippen LogP contribution in [-0.2, 0) is 0 Å². The lowest BCUT2D eigenvalue weighted by Crippen LogP contribution is -2.01. The zero-order valence-electron chi connectivity index (χ0n) is 7.63. The number of methoxy groups -OCH3 is 1. The second-order valence-corrected chi connectivity index (χ2v) is 5.67. The summed E-state index contributed by atoms with van der Waals surface area (Å²) in [7, 11) is 1.73. The fourth-order valence-electron chi connectivity index (χ4n) is 1.88. The van der Waals surface area contributed by atoms with Crippen molar-refractivity contribution >= 4 is 27.3 Å². The van der Waals surface area contributed by atoms with E-state index in [0.717, 1.165) is 5.06 Å². The van der Waals surface area contributed by atoms with Crippen LogP contribution in [0.15, 0.2) is 12.1 Å². The summed E-state index contributed by atoms with van der Waals surface area (Å²) in [6.07, 6.45) is 3.98. The predicted molar refractivity (Wildman–Crippen MR) is 60.2 cm³/mol. The molecule has 1 nitrogen and oxygen atoms in total. The van der Waals surface area contributed by atoms with Crippen LogP contribution in [0.4, 0.5) is 0 Å². The normalized spacial score (nSPS) is 27.8. The lowest BCUT2D eigenvalue weighted by molar-refractivity contribution is 0.427. The lowest BCUT2D eigenvalue weighted by Gasteiger charge is -2.10. The van der Waals surface area contributed by atoms with Gasteiger partial charge in [0.25, 0.3) is 0 Å². The molecule has 1 aliphatic rings. The summed E-state index contributed by atoms with van der Waals surface area (Å²) in [5.41, 5.74) is 0. The quantitative estimate of drug-likeness (QED) is 0.736. The van der Waals surface area contributed by atoms with Gasteiger partial charge in [0.15, 0.2) is 5.06 Å². The number of ether oxygens (including phenoxy) is 1. The number of alkyl halides is 1. The average molecular weight is 261 g/mol. The fourth-order valence-corrected chi connectivity index (χ4v) is 3.95. The first-order valence-electron chi connectivity index (χ1n) is 4.59. The van der Waals surface area contributed by atoms with Gasteiger partial charge in [0.05, 0.1) is 7.11 Å². The Kier molecular flexibility index (Phi) is 2.94. The first-order chi connectivity index (χ1) is 6.31. The van der Waals surface area contributed by atoms with Crippen LogP contribution >= 0.6 is 27.3 Å². The molecular formula is C10H13BrOS. The Labute approximate surface area is 91.2 Å². The van der Waals surface area contributed by atoms with Crippen LogP contribution in [0, 0.1) is 0 Å². The highest BCUT2D eigenvalue weighted by Crippen LogP contribution is 2.43. The first-order valence-corrected chi connectivity index (χ1v) is 6.32. The van der Waals surface area contributed by atoms with E-state index in [1.54, 1.807) is 18.4 Å². The molecule has 1 aliphatic carbocycles. The molecule has 0 aromatic carbocycles. The van der Waals surface area contributed by atoms with Crippen LogP contribution in [0.5, 0.6) is 5.06 Å². The maximum Gasteiger partial charge on any atom is 0.173 e. The van der Waals surface area contributed by atoms with Gasteiger partial charge >= 0.3 is 0 Å². The molecule has 0 saturated heterocycles. The molecule has 1 saturated carbocycles. The Bertz CT molecular complexity index is 284. The van der Waals surface area contributed by atoms with Gasteiger partial charge in [-0.1, -0.05) is 22.4 Å². The van der Waals surface area contributed by atoms with Crippen molar-refractivity contribution in [2.75, 3.05) is 7.11 Å². The zero-order chi connectivity index (χ0) is 9.26. The molecule has 2 rings (SSSR count). The standard InChI is InChI=1S/C10H13BrOS/c1-12-10-6-5-9(13-10)7-3-2-4-8(7)11/h5-8H,2-4H2,1H3. The molecule has 2 unspecified atom stereocenters. The number of thiophene rings is 1. The van der Waals surface area contributed by atoms with E-state index in [9.17, 15) is 0 Å². The van der Waals surface area contributed by atoms with Gasteiger partial charge in [-0.25, -0.2) is 0 Å². The van der Waals surface area contributed by atoms with Gasteiger partial charge in [-0.15, -0.1) is 11.3 Å². The molecule has 1 aromatic rings. The molecule has 0 spiro atoms. The topological polar surface area (TPSA) is 9.23 Å². The molecule has 0 aliphatic heterocycles. The Hall–Kier alpha value is -0.0200. The van der Waals surface area contributed by atoms with Crippen molar-refractivity contribution in [3.05, 3.63) is 17.0 Å². The van der Waals surface area contributed by atoms with Gasteiger partial charge in [-0.2, -0.15) is 0 Å². The Balaban J connectivity index is 2.15. The van der Waals surface area contributed by atoms with Gasteiger partial charge in [0.1, 0.15) is 0 Å². The van der Waals surface area contributed by atoms with Crippen molar-refractivity contribution < 1.29 is 4.74 Å². The van der Waals surface area contributed by atoms with Crippen LogP contribution in [-0.4, -0.2) is 11.9 Å². The molecular weight excluding hydrogens is 248 g/mol. The van der Waals surface area contributed by atoms with Crippen LogP contribution in [0.2, 0.25) is 0 Å². The van der Waals surface area contributed by atoms with Crippen molar-refractivity contribution in [1.29, 1.82) is 0 Å². The molecule has 1 heterocycles. The summed E-state index contributed by atoms with van der Waals surface area (Å²) in [5, 5.41) is 1.03. The highest BCUT2D eigenvalue weighted by atomic mass is 79.9. The van der Waals surface area contributed by atoms with Crippen molar-refractivity contribution in [3.63, 3.8) is 0 Å². The third-order valence-corrected chi connectivity index (χ3v) is 4.87. The second kappa shape index (κ2) is 4.01. The summed E-state index contributed by atoms with van der Waals surface area (Å²) in [6.45, 7) is 0. The van der Waals surface area contributed by atoms with E-state index in [1.807, 2.05) is 0 Å². The molecule has 1 fully saturated rings. The van der Waals surface area contributed by atoms with Crippen molar-refractivity contribution in [2.24, 2.45) is 0 Å². The number of halogens is 1. The maximum atomic E-state index is 5.19. The summed E-state index contributed by atoms with van der Waals surface area (Å²) in [4.78, 5) is 2.15. The van der Waals surface area contributed by atoms with Crippen LogP contribution in [0.25, 0.3) is 0 Å². The summed E-state index contributed by atoms with van der Waals surface area (Å²) in [6, 6.07) is 4.27. The van der Waals surface area contributed by atoms with Crippen LogP contribution in [0.3, 0.4) is 0 Å². The molecule has 13 heavy (non-hydrogen) atoms. The minimum Gasteiger partial charge on any atom is -0.487 e. The van der Waals surface area contributed by atoms with Gasteiger partial charge in [0, 0.05) is 15.6 Å². The van der Waals surface area contributed by atoms with E-state index in [2.05, 4.69) is 28.1 Å². The minimum atomic E-state index is 0.677. The Morgan fingerprint density at radius 2 is 2.31 bits per heavy atom. The van der Waals surface area contributed by atoms with Crippen molar-refractivity contribution in [1.82, 2.24) is 0 Å². The average Bonchev–Trinajstić information content (AvgIpc) is 2.71. The molecule has 0 radical (unpaired) electrons. The molecule has 2 atom stereocenters. The highest BCUT2D eigenvalue weighted by molar-refractivity contribution is 9.09. The van der Waals surface area contributed by atoms with Gasteiger partial charge in [-0.05, 0) is 25.0 Å². The fraction of sp³-hybridized carbons (Fsp3) is 0.600. The summed E-state index contributed by atoms with van der Waals surface area (Å²) < 4.78 is 5.19. The zero-order valence-corrected chi connectivity index (χ0v) is 10.0. The SMILES string of the molecule is COc1ccc(C2CCCC2Br)s1. The summed E-state index contributed by atoms with van der Waals surface area (Å²) >= 11 is 5.52. The Morgan fingerprint density at radius 1 is 1.46 bits per heavy atom. The number of hydrogen-bond donors (Lipinski definition) is 0. The predicted octanol–water partition coefficient (Wildman–Crippen LogP) is 3.79. The molecule has 1 aromatic heterocycles. The van der Waals surface area contributed by atoms with E-state index in [4.69, 9.17) is 4.74 Å². The third-order valence-electron chi connectivity index (χ3n) is 2.60. The Morgan fingerprint density at radius 3 is 2.85 bits per heavy atom. The molecule has 3 heteroatoms. The van der Waals surface area contributed by atoms with Crippen LogP contribution < -0.4 is 4.74 Å². The summed E-state index contributed by atoms with van der Waals surface area (Å²) in [5.74, 6) is 0.717. The van der Waals surface area contributed by atoms with Crippen molar-refractivity contribution in [3.8, 4) is 5.06 Å². The number of hydrogen-bond acceptors (Lipinski definition) is 2. The second-order valence-electron chi connectivity index (χ2n) is 3.41. The van der Waals surface area contributed by atoms with Crippen LogP contribution in [0.1, 0.15) is 30.1 Å². The van der Waals surface area contributed by atoms with E-state index < -0.39 is 0 Å². The smallest absolute Gasteiger partial charge is 0.173 e. The van der Waals surface area contributed by atoms with E-state index >= 15 is 0 Å². The number of rotatable bonds is 2. The third kappa shape index (κ3) is 1.91.